The second-order valence-electron chi connectivity index (χ2n) is 5.25. The Balaban J connectivity index is 1.81. The van der Waals surface area contributed by atoms with Crippen molar-refractivity contribution >= 4 is 0 Å². The number of nitrogens with zero attached hydrogens (tertiary/aromatic N) is 1. The second kappa shape index (κ2) is 3.21. The highest BCUT2D eigenvalue weighted by atomic mass is 15.4. The number of rotatable bonds is 2. The van der Waals surface area contributed by atoms with E-state index in [0.717, 1.165) is 12.0 Å². The molecule has 0 spiro atoms. The molecule has 1 aliphatic heterocycles. The van der Waals surface area contributed by atoms with Gasteiger partial charge in [0.05, 0.1) is 13.6 Å². The van der Waals surface area contributed by atoms with Crippen molar-refractivity contribution in [2.24, 2.45) is 5.92 Å². The van der Waals surface area contributed by atoms with E-state index in [0.29, 0.717) is 0 Å². The lowest BCUT2D eigenvalue weighted by atomic mass is 10.1. The molecule has 3 rings (SSSR count). The highest BCUT2D eigenvalue weighted by molar-refractivity contribution is 5.15. The van der Waals surface area contributed by atoms with E-state index < -0.39 is 0 Å². The van der Waals surface area contributed by atoms with Crippen molar-refractivity contribution in [1.29, 1.82) is 0 Å². The minimum absolute atomic E-state index is 0.773. The topological polar surface area (TPSA) is 0 Å². The molecule has 3 atom stereocenters. The maximum absolute atomic E-state index is 2.43. The zero-order valence-corrected chi connectivity index (χ0v) is 9.26. The van der Waals surface area contributed by atoms with Gasteiger partial charge in [-0.2, -0.15) is 0 Å². The fourth-order valence-electron chi connectivity index (χ4n) is 3.20. The van der Waals surface area contributed by atoms with Gasteiger partial charge >= 0.3 is 0 Å². The first-order valence-electron chi connectivity index (χ1n) is 5.83. The van der Waals surface area contributed by atoms with E-state index in [1.807, 2.05) is 0 Å². The number of hydrogen-bond acceptors (Lipinski definition) is 0. The third-order valence-electron chi connectivity index (χ3n) is 3.99. The largest absolute Gasteiger partial charge is 0.316 e. The van der Waals surface area contributed by atoms with E-state index in [1.54, 1.807) is 0 Å². The Morgan fingerprint density at radius 3 is 2.60 bits per heavy atom. The molecule has 78 valence electrons. The Morgan fingerprint density at radius 2 is 2.00 bits per heavy atom. The van der Waals surface area contributed by atoms with Crippen LogP contribution in [0.4, 0.5) is 0 Å². The molecule has 1 fully saturated rings. The van der Waals surface area contributed by atoms with Crippen molar-refractivity contribution < 1.29 is 4.48 Å². The molecule has 0 aromatic heterocycles. The van der Waals surface area contributed by atoms with Crippen LogP contribution in [0.1, 0.15) is 12.0 Å². The van der Waals surface area contributed by atoms with E-state index in [2.05, 4.69) is 49.5 Å². The fraction of sp³-hybridized carbons (Fsp3) is 0.429. The SMILES string of the molecule is C[N+]1(Cc2ccccc2)CC2C=CC1C2. The van der Waals surface area contributed by atoms with Gasteiger partial charge < -0.3 is 4.48 Å². The molecule has 1 aliphatic carbocycles. The third kappa shape index (κ3) is 1.51. The van der Waals surface area contributed by atoms with Gasteiger partial charge in [-0.15, -0.1) is 0 Å². The summed E-state index contributed by atoms with van der Waals surface area (Å²) in [5.41, 5.74) is 1.47. The molecule has 3 unspecified atom stereocenters. The minimum Gasteiger partial charge on any atom is -0.316 e. The van der Waals surface area contributed by atoms with Gasteiger partial charge in [-0.1, -0.05) is 36.4 Å². The van der Waals surface area contributed by atoms with Crippen molar-refractivity contribution in [3.8, 4) is 0 Å². The van der Waals surface area contributed by atoms with Gasteiger partial charge in [0.25, 0.3) is 0 Å². The Morgan fingerprint density at radius 1 is 1.20 bits per heavy atom. The smallest absolute Gasteiger partial charge is 0.108 e. The molecule has 2 bridgehead atoms. The lowest BCUT2D eigenvalue weighted by Crippen LogP contribution is -2.47. The van der Waals surface area contributed by atoms with Crippen molar-refractivity contribution in [3.63, 3.8) is 0 Å². The van der Waals surface area contributed by atoms with Gasteiger partial charge in [-0.05, 0) is 6.08 Å². The van der Waals surface area contributed by atoms with Gasteiger partial charge in [0, 0.05) is 17.9 Å². The van der Waals surface area contributed by atoms with Crippen LogP contribution >= 0.6 is 0 Å². The first-order valence-corrected chi connectivity index (χ1v) is 5.83. The average Bonchev–Trinajstić information content (AvgIpc) is 2.78. The molecule has 1 aromatic rings. The normalized spacial score (nSPS) is 37.4. The van der Waals surface area contributed by atoms with Crippen molar-refractivity contribution in [2.45, 2.75) is 19.0 Å². The molecule has 15 heavy (non-hydrogen) atoms. The second-order valence-corrected chi connectivity index (χ2v) is 5.25. The lowest BCUT2D eigenvalue weighted by Gasteiger charge is -2.36. The first-order chi connectivity index (χ1) is 7.26. The summed E-state index contributed by atoms with van der Waals surface area (Å²) in [6, 6.07) is 11.7. The summed E-state index contributed by atoms with van der Waals surface area (Å²) >= 11 is 0. The van der Waals surface area contributed by atoms with Gasteiger partial charge in [-0.25, -0.2) is 0 Å². The van der Waals surface area contributed by atoms with Crippen LogP contribution in [0.5, 0.6) is 0 Å². The lowest BCUT2D eigenvalue weighted by molar-refractivity contribution is -0.929. The Bertz CT molecular complexity index is 382. The van der Waals surface area contributed by atoms with Crippen LogP contribution in [0.3, 0.4) is 0 Å². The van der Waals surface area contributed by atoms with E-state index in [1.165, 1.54) is 29.6 Å². The van der Waals surface area contributed by atoms with Crippen molar-refractivity contribution in [1.82, 2.24) is 0 Å². The number of benzene rings is 1. The van der Waals surface area contributed by atoms with Crippen molar-refractivity contribution in [2.75, 3.05) is 13.6 Å². The Hall–Kier alpha value is -1.08. The van der Waals surface area contributed by atoms with E-state index >= 15 is 0 Å². The number of hydrogen-bond donors (Lipinski definition) is 0. The molecule has 2 aliphatic rings. The van der Waals surface area contributed by atoms with E-state index in [-0.39, 0.29) is 0 Å². The van der Waals surface area contributed by atoms with E-state index in [4.69, 9.17) is 0 Å². The Labute approximate surface area is 91.6 Å². The molecule has 0 radical (unpaired) electrons. The maximum Gasteiger partial charge on any atom is 0.108 e. The number of quaternary nitrogens is 1. The van der Waals surface area contributed by atoms with Crippen LogP contribution < -0.4 is 0 Å². The monoisotopic (exact) mass is 200 g/mol. The molecule has 1 heteroatoms. The third-order valence-corrected chi connectivity index (χ3v) is 3.99. The fourth-order valence-corrected chi connectivity index (χ4v) is 3.20. The predicted octanol–water partition coefficient (Wildman–Crippen LogP) is 2.59. The molecule has 1 heterocycles. The predicted molar refractivity (Wildman–Crippen MR) is 62.2 cm³/mol. The summed E-state index contributed by atoms with van der Waals surface area (Å²) in [5.74, 6) is 0.851. The number of likely N-dealkylation sites (tertiary alicyclic amines) is 1. The molecular weight excluding hydrogens is 182 g/mol. The van der Waals surface area contributed by atoms with Gasteiger partial charge in [-0.3, -0.25) is 0 Å². The van der Waals surface area contributed by atoms with Crippen LogP contribution in [-0.2, 0) is 6.54 Å². The van der Waals surface area contributed by atoms with Crippen LogP contribution in [0.25, 0.3) is 0 Å². The summed E-state index contributed by atoms with van der Waals surface area (Å²) < 4.78 is 1.21. The maximum atomic E-state index is 2.43. The summed E-state index contributed by atoms with van der Waals surface area (Å²) in [6.07, 6.45) is 6.22. The molecule has 1 nitrogen and oxygen atoms in total. The van der Waals surface area contributed by atoms with Crippen LogP contribution in [0.15, 0.2) is 42.5 Å². The molecule has 0 amide bonds. The zero-order chi connectivity index (χ0) is 10.3. The van der Waals surface area contributed by atoms with Gasteiger partial charge in [0.2, 0.25) is 0 Å². The molecular formula is C14H18N+. The minimum atomic E-state index is 0.773. The summed E-state index contributed by atoms with van der Waals surface area (Å²) in [5, 5.41) is 0. The van der Waals surface area contributed by atoms with Crippen LogP contribution in [-0.4, -0.2) is 24.1 Å². The zero-order valence-electron chi connectivity index (χ0n) is 9.26. The van der Waals surface area contributed by atoms with Crippen LogP contribution in [0, 0.1) is 5.92 Å². The Kier molecular flexibility index (Phi) is 1.96. The number of likely N-dealkylation sites (N-methyl/N-ethyl adjacent to an activating group) is 1. The molecule has 1 saturated heterocycles. The van der Waals surface area contributed by atoms with E-state index in [9.17, 15) is 0 Å². The van der Waals surface area contributed by atoms with Crippen LogP contribution in [0.2, 0.25) is 0 Å². The molecule has 0 N–H and O–H groups in total. The summed E-state index contributed by atoms with van der Waals surface area (Å²) in [4.78, 5) is 0. The van der Waals surface area contributed by atoms with Crippen molar-refractivity contribution in [3.05, 3.63) is 48.0 Å². The first kappa shape index (κ1) is 9.17. The highest BCUT2D eigenvalue weighted by Crippen LogP contribution is 2.37. The quantitative estimate of drug-likeness (QED) is 0.508. The number of fused-ring (bicyclic) bond motifs is 2. The molecule has 1 aromatic carbocycles. The summed E-state index contributed by atoms with van der Waals surface area (Å²) in [7, 11) is 2.40. The molecule has 0 saturated carbocycles. The van der Waals surface area contributed by atoms with Gasteiger partial charge in [0.1, 0.15) is 12.6 Å². The standard InChI is InChI=1S/C14H18N/c1-15(10-12-5-3-2-4-6-12)11-13-7-8-14(15)9-13/h2-8,13-14H,9-11H2,1H3/q+1. The average molecular weight is 200 g/mol. The summed E-state index contributed by atoms with van der Waals surface area (Å²) in [6.45, 7) is 2.52. The highest BCUT2D eigenvalue weighted by Gasteiger charge is 2.44. The van der Waals surface area contributed by atoms with Gasteiger partial charge in [0.15, 0.2) is 0 Å².